The van der Waals surface area contributed by atoms with Crippen molar-refractivity contribution in [1.82, 2.24) is 0 Å². The summed E-state index contributed by atoms with van der Waals surface area (Å²) in [6, 6.07) is 5.53. The first-order valence-corrected chi connectivity index (χ1v) is 6.43. The molecule has 0 aromatic heterocycles. The Labute approximate surface area is 110 Å². The number of aryl methyl sites for hydroxylation is 1. The van der Waals surface area contributed by atoms with Crippen molar-refractivity contribution in [3.8, 4) is 0 Å². The van der Waals surface area contributed by atoms with Gasteiger partial charge in [0.2, 0.25) is 0 Å². The average molecular weight is 251 g/mol. The Morgan fingerprint density at radius 2 is 1.89 bits per heavy atom. The van der Waals surface area contributed by atoms with Gasteiger partial charge in [0.05, 0.1) is 6.10 Å². The molecule has 102 valence electrons. The molecule has 0 amide bonds. The minimum atomic E-state index is -0.723. The number of hydrogen-bond acceptors (Lipinski definition) is 3. The number of aliphatic hydroxyl groups excluding tert-OH is 2. The van der Waals surface area contributed by atoms with Crippen molar-refractivity contribution in [2.24, 2.45) is 5.73 Å². The lowest BCUT2D eigenvalue weighted by atomic mass is 9.82. The second-order valence-corrected chi connectivity index (χ2v) is 5.95. The standard InChI is InChI=1S/C15H25NO2/c1-10-5-6-11(9-12(10)15(2,3)4)14(18)13(16)7-8-17/h5-6,9,13-14,17-18H,7-8,16H2,1-4H3. The number of hydrogen-bond donors (Lipinski definition) is 3. The molecule has 3 nitrogen and oxygen atoms in total. The fourth-order valence-electron chi connectivity index (χ4n) is 2.19. The maximum atomic E-state index is 10.2. The largest absolute Gasteiger partial charge is 0.396 e. The Kier molecular flexibility index (Phi) is 4.91. The van der Waals surface area contributed by atoms with Gasteiger partial charge in [0, 0.05) is 12.6 Å². The monoisotopic (exact) mass is 251 g/mol. The van der Waals surface area contributed by atoms with Crippen LogP contribution in [-0.4, -0.2) is 22.9 Å². The van der Waals surface area contributed by atoms with E-state index in [-0.39, 0.29) is 12.0 Å². The van der Waals surface area contributed by atoms with Gasteiger partial charge in [0.15, 0.2) is 0 Å². The average Bonchev–Trinajstić information content (AvgIpc) is 2.27. The maximum Gasteiger partial charge on any atom is 0.0941 e. The minimum Gasteiger partial charge on any atom is -0.396 e. The van der Waals surface area contributed by atoms with Crippen LogP contribution >= 0.6 is 0 Å². The van der Waals surface area contributed by atoms with Gasteiger partial charge in [0.1, 0.15) is 0 Å². The first-order valence-electron chi connectivity index (χ1n) is 6.43. The summed E-state index contributed by atoms with van der Waals surface area (Å²) >= 11 is 0. The summed E-state index contributed by atoms with van der Waals surface area (Å²) in [7, 11) is 0. The van der Waals surface area contributed by atoms with E-state index in [0.717, 1.165) is 5.56 Å². The fourth-order valence-corrected chi connectivity index (χ4v) is 2.19. The van der Waals surface area contributed by atoms with Crippen LogP contribution in [0.5, 0.6) is 0 Å². The summed E-state index contributed by atoms with van der Waals surface area (Å²) in [5.74, 6) is 0. The van der Waals surface area contributed by atoms with Gasteiger partial charge in [-0.05, 0) is 35.4 Å². The molecule has 1 rings (SSSR count). The van der Waals surface area contributed by atoms with E-state index < -0.39 is 12.1 Å². The molecule has 3 heteroatoms. The minimum absolute atomic E-state index is 0.00375. The molecule has 0 spiro atoms. The van der Waals surface area contributed by atoms with Crippen LogP contribution in [0.2, 0.25) is 0 Å². The van der Waals surface area contributed by atoms with E-state index in [2.05, 4.69) is 27.7 Å². The zero-order valence-electron chi connectivity index (χ0n) is 11.8. The highest BCUT2D eigenvalue weighted by Crippen LogP contribution is 2.29. The lowest BCUT2D eigenvalue weighted by molar-refractivity contribution is 0.129. The van der Waals surface area contributed by atoms with E-state index in [9.17, 15) is 5.11 Å². The number of rotatable bonds is 4. The van der Waals surface area contributed by atoms with Crippen molar-refractivity contribution in [3.05, 3.63) is 34.9 Å². The molecule has 0 aliphatic carbocycles. The third-order valence-electron chi connectivity index (χ3n) is 3.28. The van der Waals surface area contributed by atoms with E-state index in [1.54, 1.807) is 0 Å². The van der Waals surface area contributed by atoms with Crippen molar-refractivity contribution in [2.45, 2.75) is 51.7 Å². The molecule has 0 radical (unpaired) electrons. The maximum absolute atomic E-state index is 10.2. The van der Waals surface area contributed by atoms with Crippen LogP contribution in [-0.2, 0) is 5.41 Å². The summed E-state index contributed by atoms with van der Waals surface area (Å²) in [5.41, 5.74) is 9.15. The third-order valence-corrected chi connectivity index (χ3v) is 3.28. The van der Waals surface area contributed by atoms with Crippen molar-refractivity contribution in [3.63, 3.8) is 0 Å². The molecule has 4 N–H and O–H groups in total. The van der Waals surface area contributed by atoms with Gasteiger partial charge in [-0.15, -0.1) is 0 Å². The van der Waals surface area contributed by atoms with Crippen molar-refractivity contribution in [1.29, 1.82) is 0 Å². The molecule has 2 unspecified atom stereocenters. The zero-order valence-corrected chi connectivity index (χ0v) is 11.8. The number of benzene rings is 1. The molecule has 0 aliphatic rings. The Morgan fingerprint density at radius 3 is 2.39 bits per heavy atom. The second-order valence-electron chi connectivity index (χ2n) is 5.95. The van der Waals surface area contributed by atoms with Gasteiger partial charge in [-0.25, -0.2) is 0 Å². The predicted molar refractivity (Wildman–Crippen MR) is 74.5 cm³/mol. The van der Waals surface area contributed by atoms with Crippen LogP contribution in [0.3, 0.4) is 0 Å². The smallest absolute Gasteiger partial charge is 0.0941 e. The van der Waals surface area contributed by atoms with Crippen molar-refractivity contribution >= 4 is 0 Å². The first-order chi connectivity index (χ1) is 8.27. The van der Waals surface area contributed by atoms with Crippen LogP contribution in [0.4, 0.5) is 0 Å². The van der Waals surface area contributed by atoms with Gasteiger partial charge < -0.3 is 15.9 Å². The Morgan fingerprint density at radius 1 is 1.28 bits per heavy atom. The van der Waals surface area contributed by atoms with Gasteiger partial charge in [0.25, 0.3) is 0 Å². The highest BCUT2D eigenvalue weighted by Gasteiger charge is 2.21. The Balaban J connectivity index is 3.05. The quantitative estimate of drug-likeness (QED) is 0.767. The molecule has 0 fully saturated rings. The molecular formula is C15H25NO2. The van der Waals surface area contributed by atoms with Gasteiger partial charge in [-0.2, -0.15) is 0 Å². The molecule has 0 saturated carbocycles. The summed E-state index contributed by atoms with van der Waals surface area (Å²) in [4.78, 5) is 0. The molecule has 1 aromatic rings. The Hall–Kier alpha value is -0.900. The molecule has 0 saturated heterocycles. The van der Waals surface area contributed by atoms with Gasteiger partial charge in [-0.3, -0.25) is 0 Å². The van der Waals surface area contributed by atoms with E-state index >= 15 is 0 Å². The Bertz CT molecular complexity index is 396. The van der Waals surface area contributed by atoms with E-state index in [0.29, 0.717) is 6.42 Å². The number of nitrogens with two attached hydrogens (primary N) is 1. The molecule has 2 atom stereocenters. The lowest BCUT2D eigenvalue weighted by Gasteiger charge is -2.25. The van der Waals surface area contributed by atoms with E-state index in [4.69, 9.17) is 10.8 Å². The van der Waals surface area contributed by atoms with Crippen molar-refractivity contribution < 1.29 is 10.2 Å². The highest BCUT2D eigenvalue weighted by molar-refractivity contribution is 5.37. The van der Waals surface area contributed by atoms with E-state index in [1.165, 1.54) is 11.1 Å². The highest BCUT2D eigenvalue weighted by atomic mass is 16.3. The van der Waals surface area contributed by atoms with Crippen LogP contribution in [0.1, 0.15) is 50.0 Å². The van der Waals surface area contributed by atoms with Crippen molar-refractivity contribution in [2.75, 3.05) is 6.61 Å². The molecular weight excluding hydrogens is 226 g/mol. The van der Waals surface area contributed by atoms with Crippen LogP contribution in [0.15, 0.2) is 18.2 Å². The predicted octanol–water partition coefficient (Wildman–Crippen LogP) is 2.04. The third kappa shape index (κ3) is 3.55. The molecule has 1 aromatic carbocycles. The first kappa shape index (κ1) is 15.2. The van der Waals surface area contributed by atoms with Crippen LogP contribution < -0.4 is 5.73 Å². The second kappa shape index (κ2) is 5.83. The van der Waals surface area contributed by atoms with E-state index in [1.807, 2.05) is 18.2 Å². The van der Waals surface area contributed by atoms with Crippen LogP contribution in [0.25, 0.3) is 0 Å². The van der Waals surface area contributed by atoms with Crippen LogP contribution in [0, 0.1) is 6.92 Å². The summed E-state index contributed by atoms with van der Waals surface area (Å²) in [6.07, 6.45) is -0.321. The molecule has 0 aliphatic heterocycles. The van der Waals surface area contributed by atoms with Gasteiger partial charge in [-0.1, -0.05) is 39.0 Å². The topological polar surface area (TPSA) is 66.5 Å². The number of aliphatic hydroxyl groups is 2. The normalized spacial score (nSPS) is 15.5. The molecule has 0 bridgehead atoms. The summed E-state index contributed by atoms with van der Waals surface area (Å²) in [5, 5.41) is 19.0. The fraction of sp³-hybridized carbons (Fsp3) is 0.600. The van der Waals surface area contributed by atoms with Gasteiger partial charge >= 0.3 is 0 Å². The summed E-state index contributed by atoms with van der Waals surface area (Å²) < 4.78 is 0. The molecule has 0 heterocycles. The zero-order chi connectivity index (χ0) is 13.9. The summed E-state index contributed by atoms with van der Waals surface area (Å²) in [6.45, 7) is 8.53. The lowest BCUT2D eigenvalue weighted by Crippen LogP contribution is -2.29. The SMILES string of the molecule is Cc1ccc(C(O)C(N)CCO)cc1C(C)(C)C. The molecule has 18 heavy (non-hydrogen) atoms.